The number of hydrogen-bond acceptors (Lipinski definition) is 8. The number of rotatable bonds is 6. The van der Waals surface area contributed by atoms with Gasteiger partial charge in [-0.3, -0.25) is 14.7 Å². The Kier molecular flexibility index (Phi) is 4.16. The monoisotopic (exact) mass is 348 g/mol. The third-order valence-electron chi connectivity index (χ3n) is 3.39. The van der Waals surface area contributed by atoms with E-state index in [1.54, 1.807) is 24.3 Å². The minimum atomic E-state index is -3.66. The van der Waals surface area contributed by atoms with Crippen molar-refractivity contribution in [2.45, 2.75) is 23.1 Å². The normalized spacial score (nSPS) is 17.1. The maximum Gasteiger partial charge on any atom is 0.269 e. The van der Waals surface area contributed by atoms with Crippen molar-refractivity contribution in [3.8, 4) is 0 Å². The summed E-state index contributed by atoms with van der Waals surface area (Å²) in [5.74, 6) is -2.06. The molecule has 2 N–H and O–H groups in total. The van der Waals surface area contributed by atoms with Gasteiger partial charge < -0.3 is 0 Å². The maximum absolute atomic E-state index is 12.5. The summed E-state index contributed by atoms with van der Waals surface area (Å²) in [7, 11) is -3.66. The summed E-state index contributed by atoms with van der Waals surface area (Å²) in [4.78, 5) is 23.6. The van der Waals surface area contributed by atoms with Gasteiger partial charge in [0.15, 0.2) is 5.03 Å². The summed E-state index contributed by atoms with van der Waals surface area (Å²) in [5, 5.41) is 17.5. The Morgan fingerprint density at radius 3 is 2.75 bits per heavy atom. The average molecular weight is 348 g/mol. The molecule has 0 spiro atoms. The van der Waals surface area contributed by atoms with E-state index in [4.69, 9.17) is 0 Å². The topological polar surface area (TPSA) is 151 Å². The van der Waals surface area contributed by atoms with E-state index in [-0.39, 0.29) is 23.0 Å². The Morgan fingerprint density at radius 1 is 1.25 bits per heavy atom. The predicted octanol–water partition coefficient (Wildman–Crippen LogP) is -0.424. The van der Waals surface area contributed by atoms with E-state index in [9.17, 15) is 18.0 Å². The van der Waals surface area contributed by atoms with E-state index < -0.39 is 26.7 Å². The Bertz CT molecular complexity index is 926. The number of tetrazole rings is 1. The van der Waals surface area contributed by atoms with Gasteiger partial charge >= 0.3 is 0 Å². The molecule has 11 heteroatoms. The number of H-pyrrole nitrogens is 2. The van der Waals surface area contributed by atoms with Crippen molar-refractivity contribution in [2.75, 3.05) is 0 Å². The zero-order valence-electron chi connectivity index (χ0n) is 12.2. The van der Waals surface area contributed by atoms with E-state index in [0.29, 0.717) is 6.42 Å². The first-order valence-electron chi connectivity index (χ1n) is 6.91. The Balaban J connectivity index is 1.74. The summed E-state index contributed by atoms with van der Waals surface area (Å²) >= 11 is 0. The molecular weight excluding hydrogens is 336 g/mol. The molecule has 10 nitrogen and oxygen atoms in total. The van der Waals surface area contributed by atoms with Crippen LogP contribution in [0.15, 0.2) is 35.4 Å². The maximum atomic E-state index is 12.5. The van der Waals surface area contributed by atoms with Gasteiger partial charge in [0.25, 0.3) is 5.78 Å². The van der Waals surface area contributed by atoms with Crippen molar-refractivity contribution in [3.63, 3.8) is 0 Å². The zero-order chi connectivity index (χ0) is 17.2. The lowest BCUT2D eigenvalue weighted by Gasteiger charge is -2.11. The first-order valence-corrected chi connectivity index (χ1v) is 8.45. The molecule has 2 aromatic rings. The van der Waals surface area contributed by atoms with Crippen LogP contribution in [-0.4, -0.2) is 56.1 Å². The third-order valence-corrected chi connectivity index (χ3v) is 5.33. The van der Waals surface area contributed by atoms with E-state index in [2.05, 4.69) is 30.8 Å². The number of carbonyl (C=O) groups is 2. The van der Waals surface area contributed by atoms with E-state index in [0.717, 1.165) is 0 Å². The van der Waals surface area contributed by atoms with Crippen LogP contribution in [0.3, 0.4) is 0 Å². The lowest BCUT2D eigenvalue weighted by atomic mass is 10.1. The van der Waals surface area contributed by atoms with Crippen LogP contribution in [0, 0.1) is 0 Å². The minimum Gasteiger partial charge on any atom is -0.290 e. The van der Waals surface area contributed by atoms with Gasteiger partial charge in [-0.1, -0.05) is 24.3 Å². The SMILES string of the molecule is O=C(Cc1cc(S(=O)(=O)C2C=CC=CC2)n[nH]1)C(=O)c1nn[nH]n1. The molecule has 124 valence electrons. The van der Waals surface area contributed by atoms with Crippen LogP contribution in [0.5, 0.6) is 0 Å². The number of aromatic nitrogens is 6. The van der Waals surface area contributed by atoms with Gasteiger partial charge in [-0.25, -0.2) is 8.42 Å². The summed E-state index contributed by atoms with van der Waals surface area (Å²) < 4.78 is 24.9. The first-order chi connectivity index (χ1) is 11.5. The number of sulfone groups is 1. The molecule has 1 atom stereocenters. The van der Waals surface area contributed by atoms with Crippen LogP contribution < -0.4 is 0 Å². The highest BCUT2D eigenvalue weighted by Crippen LogP contribution is 2.21. The van der Waals surface area contributed by atoms with Crippen LogP contribution in [0.2, 0.25) is 0 Å². The molecule has 1 aliphatic rings. The molecule has 0 bridgehead atoms. The average Bonchev–Trinajstić information content (AvgIpc) is 3.27. The van der Waals surface area contributed by atoms with Gasteiger partial charge in [-0.05, 0) is 17.7 Å². The van der Waals surface area contributed by atoms with Crippen molar-refractivity contribution >= 4 is 21.4 Å². The molecule has 3 rings (SSSR count). The number of allylic oxidation sites excluding steroid dienone is 3. The van der Waals surface area contributed by atoms with Crippen molar-refractivity contribution in [3.05, 3.63) is 41.9 Å². The minimum absolute atomic E-state index is 0.165. The predicted molar refractivity (Wildman–Crippen MR) is 79.7 cm³/mol. The van der Waals surface area contributed by atoms with Gasteiger partial charge in [0, 0.05) is 5.69 Å². The number of hydrogen-bond donors (Lipinski definition) is 2. The van der Waals surface area contributed by atoms with Gasteiger partial charge in [0.1, 0.15) is 0 Å². The molecule has 2 heterocycles. The highest BCUT2D eigenvalue weighted by atomic mass is 32.2. The van der Waals surface area contributed by atoms with E-state index in [1.807, 2.05) is 0 Å². The van der Waals surface area contributed by atoms with Crippen molar-refractivity contribution in [1.82, 2.24) is 30.8 Å². The third kappa shape index (κ3) is 3.06. The van der Waals surface area contributed by atoms with E-state index >= 15 is 0 Å². The number of nitrogens with zero attached hydrogens (tertiary/aromatic N) is 4. The molecule has 24 heavy (non-hydrogen) atoms. The molecule has 1 unspecified atom stereocenters. The highest BCUT2D eigenvalue weighted by Gasteiger charge is 2.29. The lowest BCUT2D eigenvalue weighted by molar-refractivity contribution is -0.114. The highest BCUT2D eigenvalue weighted by molar-refractivity contribution is 7.92. The number of nitrogens with one attached hydrogen (secondary N) is 2. The second kappa shape index (κ2) is 6.28. The molecule has 0 amide bonds. The molecule has 0 aliphatic heterocycles. The van der Waals surface area contributed by atoms with Crippen LogP contribution >= 0.6 is 0 Å². The summed E-state index contributed by atoms with van der Waals surface area (Å²) in [6.07, 6.45) is 6.78. The number of carbonyl (C=O) groups excluding carboxylic acids is 2. The Morgan fingerprint density at radius 2 is 2.08 bits per heavy atom. The van der Waals surface area contributed by atoms with Crippen LogP contribution in [0.4, 0.5) is 0 Å². The van der Waals surface area contributed by atoms with E-state index in [1.165, 1.54) is 6.07 Å². The standard InChI is InChI=1S/C13H12N6O4S/c20-10(12(21)13-16-18-19-17-13)6-8-7-11(15-14-8)24(22,23)9-4-2-1-3-5-9/h1-4,7,9H,5-6H2,(H,14,15)(H,16,17,18,19). The van der Waals surface area contributed by atoms with Gasteiger partial charge in [-0.15, -0.1) is 10.2 Å². The van der Waals surface area contributed by atoms with Crippen LogP contribution in [0.25, 0.3) is 0 Å². The largest absolute Gasteiger partial charge is 0.290 e. The second-order valence-corrected chi connectivity index (χ2v) is 7.14. The Hall–Kier alpha value is -2.95. The molecule has 2 aromatic heterocycles. The van der Waals surface area contributed by atoms with Gasteiger partial charge in [0.2, 0.25) is 21.4 Å². The van der Waals surface area contributed by atoms with Crippen molar-refractivity contribution in [1.29, 1.82) is 0 Å². The molecular formula is C13H12N6O4S. The molecule has 0 aromatic carbocycles. The van der Waals surface area contributed by atoms with Crippen molar-refractivity contribution in [2.24, 2.45) is 0 Å². The lowest BCUT2D eigenvalue weighted by Crippen LogP contribution is -2.20. The molecule has 1 aliphatic carbocycles. The number of ketones is 2. The quantitative estimate of drug-likeness (QED) is 0.527. The van der Waals surface area contributed by atoms with Gasteiger partial charge in [-0.2, -0.15) is 10.3 Å². The molecule has 0 saturated carbocycles. The van der Waals surface area contributed by atoms with Crippen molar-refractivity contribution < 1.29 is 18.0 Å². The molecule has 0 fully saturated rings. The summed E-state index contributed by atoms with van der Waals surface area (Å²) in [6, 6.07) is 1.25. The van der Waals surface area contributed by atoms with Crippen LogP contribution in [0.1, 0.15) is 22.7 Å². The first kappa shape index (κ1) is 15.9. The summed E-state index contributed by atoms with van der Waals surface area (Å²) in [5.41, 5.74) is 0.214. The fourth-order valence-electron chi connectivity index (χ4n) is 2.16. The Labute approximate surface area is 136 Å². The fourth-order valence-corrected chi connectivity index (χ4v) is 3.61. The molecule has 0 saturated heterocycles. The molecule has 0 radical (unpaired) electrons. The van der Waals surface area contributed by atoms with Crippen LogP contribution in [-0.2, 0) is 21.1 Å². The number of aromatic amines is 2. The second-order valence-electron chi connectivity index (χ2n) is 5.03. The fraction of sp³-hybridized carbons (Fsp3) is 0.231. The van der Waals surface area contributed by atoms with Gasteiger partial charge in [0.05, 0.1) is 11.7 Å². The smallest absolute Gasteiger partial charge is 0.269 e. The zero-order valence-corrected chi connectivity index (χ0v) is 13.0. The number of Topliss-reactive ketones (excluding diaryl/α,β-unsaturated/α-hetero) is 2. The summed E-state index contributed by atoms with van der Waals surface area (Å²) in [6.45, 7) is 0.